The summed E-state index contributed by atoms with van der Waals surface area (Å²) in [6.07, 6.45) is 4.55. The lowest BCUT2D eigenvalue weighted by Gasteiger charge is -2.25. The molecule has 3 heterocycles. The summed E-state index contributed by atoms with van der Waals surface area (Å²) >= 11 is 0. The Balaban J connectivity index is 1.50. The van der Waals surface area contributed by atoms with Gasteiger partial charge in [0.2, 0.25) is 5.89 Å². The number of nitrogens with one attached hydrogen (secondary N) is 1. The number of hydrogen-bond acceptors (Lipinski definition) is 6. The number of piperazine rings is 1. The Morgan fingerprint density at radius 3 is 2.95 bits per heavy atom. The van der Waals surface area contributed by atoms with E-state index in [-0.39, 0.29) is 6.10 Å². The van der Waals surface area contributed by atoms with Gasteiger partial charge >= 0.3 is 0 Å². The van der Waals surface area contributed by atoms with Crippen molar-refractivity contribution in [1.29, 1.82) is 0 Å². The van der Waals surface area contributed by atoms with Crippen LogP contribution in [-0.2, 0) is 17.7 Å². The minimum Gasteiger partial charge on any atom is -0.378 e. The van der Waals surface area contributed by atoms with Gasteiger partial charge in [0.05, 0.1) is 19.1 Å². The average molecular weight is 266 g/mol. The molecular formula is C13H22N4O2. The third kappa shape index (κ3) is 3.75. The molecule has 19 heavy (non-hydrogen) atoms. The van der Waals surface area contributed by atoms with E-state index < -0.39 is 0 Å². The summed E-state index contributed by atoms with van der Waals surface area (Å²) in [7, 11) is 0. The molecule has 1 atom stereocenters. The van der Waals surface area contributed by atoms with E-state index in [1.165, 1.54) is 12.8 Å². The highest BCUT2D eigenvalue weighted by molar-refractivity contribution is 4.89. The van der Waals surface area contributed by atoms with Crippen LogP contribution >= 0.6 is 0 Å². The highest BCUT2D eigenvalue weighted by Gasteiger charge is 2.19. The van der Waals surface area contributed by atoms with Crippen molar-refractivity contribution in [3.8, 4) is 0 Å². The molecule has 1 aromatic heterocycles. The second kappa shape index (κ2) is 6.45. The fourth-order valence-corrected chi connectivity index (χ4v) is 2.67. The molecule has 2 aliphatic rings. The minimum absolute atomic E-state index is 0.265. The predicted octanol–water partition coefficient (Wildman–Crippen LogP) is 0.586. The summed E-state index contributed by atoms with van der Waals surface area (Å²) in [6, 6.07) is 0. The summed E-state index contributed by atoms with van der Waals surface area (Å²) in [6.45, 7) is 5.84. The summed E-state index contributed by atoms with van der Waals surface area (Å²) in [4.78, 5) is 6.83. The molecule has 0 spiro atoms. The Bertz CT molecular complexity index is 349. The van der Waals surface area contributed by atoms with Crippen molar-refractivity contribution < 1.29 is 9.26 Å². The highest BCUT2D eigenvalue weighted by atomic mass is 16.5. The maximum absolute atomic E-state index is 5.69. The number of aromatic nitrogens is 2. The first kappa shape index (κ1) is 13.0. The van der Waals surface area contributed by atoms with Gasteiger partial charge in [-0.05, 0) is 19.3 Å². The molecule has 2 aliphatic heterocycles. The minimum atomic E-state index is 0.265. The largest absolute Gasteiger partial charge is 0.378 e. The molecule has 1 unspecified atom stereocenters. The van der Waals surface area contributed by atoms with Crippen LogP contribution in [0.2, 0.25) is 0 Å². The number of ether oxygens (including phenoxy) is 1. The lowest BCUT2D eigenvalue weighted by molar-refractivity contribution is 0.0124. The fourth-order valence-electron chi connectivity index (χ4n) is 2.67. The maximum Gasteiger partial charge on any atom is 0.229 e. The smallest absolute Gasteiger partial charge is 0.229 e. The molecule has 0 aliphatic carbocycles. The van der Waals surface area contributed by atoms with Crippen LogP contribution in [0.4, 0.5) is 0 Å². The van der Waals surface area contributed by atoms with Crippen LogP contribution in [0.15, 0.2) is 4.52 Å². The molecule has 2 fully saturated rings. The molecule has 3 rings (SSSR count). The Kier molecular flexibility index (Phi) is 4.42. The average Bonchev–Trinajstić information content (AvgIpc) is 2.88. The summed E-state index contributed by atoms with van der Waals surface area (Å²) < 4.78 is 11.0. The first-order valence-electron chi connectivity index (χ1n) is 7.26. The van der Waals surface area contributed by atoms with Gasteiger partial charge < -0.3 is 14.6 Å². The summed E-state index contributed by atoms with van der Waals surface area (Å²) in [5, 5.41) is 7.41. The number of nitrogens with zero attached hydrogens (tertiary/aromatic N) is 3. The van der Waals surface area contributed by atoms with Gasteiger partial charge in [0.25, 0.3) is 0 Å². The van der Waals surface area contributed by atoms with Crippen molar-refractivity contribution in [2.24, 2.45) is 0 Å². The normalized spacial score (nSPS) is 25.6. The SMILES string of the molecule is C1CCC(Cc2nc(CN3CCNCC3)no2)OC1. The Morgan fingerprint density at radius 2 is 2.16 bits per heavy atom. The van der Waals surface area contributed by atoms with Crippen molar-refractivity contribution in [3.63, 3.8) is 0 Å². The van der Waals surface area contributed by atoms with Crippen LogP contribution in [0.3, 0.4) is 0 Å². The van der Waals surface area contributed by atoms with Crippen LogP contribution < -0.4 is 5.32 Å². The number of rotatable bonds is 4. The third-order valence-corrected chi connectivity index (χ3v) is 3.76. The molecule has 0 amide bonds. The van der Waals surface area contributed by atoms with E-state index in [0.717, 1.165) is 63.9 Å². The van der Waals surface area contributed by atoms with E-state index in [0.29, 0.717) is 0 Å². The van der Waals surface area contributed by atoms with Gasteiger partial charge in [-0.3, -0.25) is 4.90 Å². The van der Waals surface area contributed by atoms with Gasteiger partial charge in [-0.25, -0.2) is 0 Å². The van der Waals surface area contributed by atoms with Crippen LogP contribution in [0.1, 0.15) is 31.0 Å². The lowest BCUT2D eigenvalue weighted by atomic mass is 10.1. The second-order valence-corrected chi connectivity index (χ2v) is 5.32. The Morgan fingerprint density at radius 1 is 1.26 bits per heavy atom. The van der Waals surface area contributed by atoms with Crippen LogP contribution in [0.5, 0.6) is 0 Å². The van der Waals surface area contributed by atoms with Crippen LogP contribution in [0, 0.1) is 0 Å². The molecule has 0 saturated carbocycles. The van der Waals surface area contributed by atoms with Gasteiger partial charge in [0.15, 0.2) is 5.82 Å². The molecule has 0 aromatic carbocycles. The third-order valence-electron chi connectivity index (χ3n) is 3.76. The standard InChI is InChI=1S/C13H22N4O2/c1-2-8-18-11(3-1)9-13-15-12(16-19-13)10-17-6-4-14-5-7-17/h11,14H,1-10H2. The molecular weight excluding hydrogens is 244 g/mol. The fraction of sp³-hybridized carbons (Fsp3) is 0.846. The van der Waals surface area contributed by atoms with Gasteiger partial charge in [0, 0.05) is 32.8 Å². The molecule has 106 valence electrons. The zero-order valence-electron chi connectivity index (χ0n) is 11.3. The topological polar surface area (TPSA) is 63.4 Å². The molecule has 6 nitrogen and oxygen atoms in total. The van der Waals surface area contributed by atoms with Gasteiger partial charge in [-0.15, -0.1) is 0 Å². The molecule has 1 N–H and O–H groups in total. The Labute approximate surface area is 113 Å². The van der Waals surface area contributed by atoms with Gasteiger partial charge in [-0.2, -0.15) is 4.98 Å². The summed E-state index contributed by atoms with van der Waals surface area (Å²) in [5.74, 6) is 1.52. The van der Waals surface area contributed by atoms with Crippen molar-refractivity contribution in [3.05, 3.63) is 11.7 Å². The van der Waals surface area contributed by atoms with Crippen molar-refractivity contribution in [1.82, 2.24) is 20.4 Å². The van der Waals surface area contributed by atoms with Gasteiger partial charge in [-0.1, -0.05) is 5.16 Å². The first-order chi connectivity index (χ1) is 9.40. The van der Waals surface area contributed by atoms with Crippen molar-refractivity contribution in [2.75, 3.05) is 32.8 Å². The zero-order chi connectivity index (χ0) is 12.9. The molecule has 0 radical (unpaired) electrons. The van der Waals surface area contributed by atoms with E-state index in [2.05, 4.69) is 20.4 Å². The zero-order valence-corrected chi connectivity index (χ0v) is 11.3. The van der Waals surface area contributed by atoms with E-state index in [4.69, 9.17) is 9.26 Å². The van der Waals surface area contributed by atoms with E-state index in [9.17, 15) is 0 Å². The van der Waals surface area contributed by atoms with E-state index in [1.54, 1.807) is 0 Å². The van der Waals surface area contributed by atoms with Crippen LogP contribution in [-0.4, -0.2) is 53.9 Å². The molecule has 6 heteroatoms. The molecule has 0 bridgehead atoms. The second-order valence-electron chi connectivity index (χ2n) is 5.32. The van der Waals surface area contributed by atoms with Gasteiger partial charge in [0.1, 0.15) is 0 Å². The van der Waals surface area contributed by atoms with Crippen LogP contribution in [0.25, 0.3) is 0 Å². The summed E-state index contributed by atoms with van der Waals surface area (Å²) in [5.41, 5.74) is 0. The monoisotopic (exact) mass is 266 g/mol. The quantitative estimate of drug-likeness (QED) is 0.860. The predicted molar refractivity (Wildman–Crippen MR) is 69.7 cm³/mol. The first-order valence-corrected chi connectivity index (χ1v) is 7.26. The lowest BCUT2D eigenvalue weighted by Crippen LogP contribution is -2.43. The highest BCUT2D eigenvalue weighted by Crippen LogP contribution is 2.16. The maximum atomic E-state index is 5.69. The molecule has 2 saturated heterocycles. The number of hydrogen-bond donors (Lipinski definition) is 1. The Hall–Kier alpha value is -0.980. The molecule has 1 aromatic rings. The van der Waals surface area contributed by atoms with E-state index >= 15 is 0 Å². The van der Waals surface area contributed by atoms with Crippen molar-refractivity contribution >= 4 is 0 Å². The van der Waals surface area contributed by atoms with Crippen molar-refractivity contribution in [2.45, 2.75) is 38.3 Å². The van der Waals surface area contributed by atoms with E-state index in [1.807, 2.05) is 0 Å².